The highest BCUT2D eigenvalue weighted by molar-refractivity contribution is 7.89. The quantitative estimate of drug-likeness (QED) is 0.743. The summed E-state index contributed by atoms with van der Waals surface area (Å²) in [6, 6.07) is 2.84. The molecule has 0 aliphatic carbocycles. The smallest absolute Gasteiger partial charge is 0.322 e. The second kappa shape index (κ2) is 5.16. The molecular weight excluding hydrogens is 286 g/mol. The molecule has 0 radical (unpaired) electrons. The number of aromatic nitrogens is 1. The first kappa shape index (κ1) is 14.4. The standard InChI is InChI=1S/C11H11N3O5S/c12-5-8-10(2-1-3-13-8)20(18,19)14-6-7(15)4-9(14)11(16)17/h1-3,7,9,15H,4,6H2,(H,16,17)/t7-,9+/m1/s1. The number of aliphatic carboxylic acids is 1. The molecular formula is C11H11N3O5S. The average molecular weight is 297 g/mol. The van der Waals surface area contributed by atoms with E-state index in [0.717, 1.165) is 0 Å². The second-order valence-corrected chi connectivity index (χ2v) is 6.14. The molecule has 0 bridgehead atoms. The zero-order chi connectivity index (χ0) is 14.9. The summed E-state index contributed by atoms with van der Waals surface area (Å²) in [6.45, 7) is -0.320. The van der Waals surface area contributed by atoms with Gasteiger partial charge in [0.2, 0.25) is 10.0 Å². The van der Waals surface area contributed by atoms with Crippen molar-refractivity contribution in [3.8, 4) is 6.07 Å². The highest BCUT2D eigenvalue weighted by Gasteiger charge is 2.44. The van der Waals surface area contributed by atoms with E-state index < -0.39 is 28.1 Å². The Morgan fingerprint density at radius 2 is 2.25 bits per heavy atom. The molecule has 9 heteroatoms. The maximum Gasteiger partial charge on any atom is 0.322 e. The second-order valence-electron chi connectivity index (χ2n) is 4.28. The molecule has 1 aromatic heterocycles. The van der Waals surface area contributed by atoms with Crippen LogP contribution in [0.25, 0.3) is 0 Å². The van der Waals surface area contributed by atoms with Crippen molar-refractivity contribution >= 4 is 16.0 Å². The molecule has 2 heterocycles. The number of carboxylic acid groups (broad SMARTS) is 1. The van der Waals surface area contributed by atoms with E-state index >= 15 is 0 Å². The zero-order valence-electron chi connectivity index (χ0n) is 10.2. The van der Waals surface area contributed by atoms with Crippen LogP contribution in [0, 0.1) is 11.3 Å². The minimum Gasteiger partial charge on any atom is -0.480 e. The van der Waals surface area contributed by atoms with Crippen molar-refractivity contribution in [3.63, 3.8) is 0 Å². The molecule has 1 aromatic rings. The summed E-state index contributed by atoms with van der Waals surface area (Å²) in [4.78, 5) is 14.4. The van der Waals surface area contributed by atoms with Crippen molar-refractivity contribution in [1.82, 2.24) is 9.29 Å². The van der Waals surface area contributed by atoms with E-state index in [9.17, 15) is 18.3 Å². The molecule has 1 saturated heterocycles. The van der Waals surface area contributed by atoms with Crippen LogP contribution in [0.5, 0.6) is 0 Å². The summed E-state index contributed by atoms with van der Waals surface area (Å²) in [5.74, 6) is -1.34. The van der Waals surface area contributed by atoms with Crippen molar-refractivity contribution in [2.75, 3.05) is 6.54 Å². The number of sulfonamides is 1. The number of pyridine rings is 1. The van der Waals surface area contributed by atoms with Crippen molar-refractivity contribution in [2.45, 2.75) is 23.5 Å². The topological polar surface area (TPSA) is 132 Å². The van der Waals surface area contributed by atoms with Crippen LogP contribution in [0.3, 0.4) is 0 Å². The Hall–Kier alpha value is -2.02. The minimum atomic E-state index is -4.20. The number of aliphatic hydroxyl groups excluding tert-OH is 1. The molecule has 0 saturated carbocycles. The normalized spacial score (nSPS) is 23.4. The maximum absolute atomic E-state index is 12.4. The van der Waals surface area contributed by atoms with Crippen molar-refractivity contribution < 1.29 is 23.4 Å². The Morgan fingerprint density at radius 1 is 1.55 bits per heavy atom. The van der Waals surface area contributed by atoms with Crippen LogP contribution in [-0.2, 0) is 14.8 Å². The highest BCUT2D eigenvalue weighted by atomic mass is 32.2. The molecule has 1 aliphatic heterocycles. The molecule has 2 atom stereocenters. The Balaban J connectivity index is 2.50. The summed E-state index contributed by atoms with van der Waals surface area (Å²) in [5, 5.41) is 27.4. The Bertz CT molecular complexity index is 682. The molecule has 0 spiro atoms. The van der Waals surface area contributed by atoms with E-state index in [1.165, 1.54) is 18.3 Å². The third-order valence-electron chi connectivity index (χ3n) is 2.98. The lowest BCUT2D eigenvalue weighted by Crippen LogP contribution is -2.40. The molecule has 2 rings (SSSR count). The minimum absolute atomic E-state index is 0.184. The molecule has 106 valence electrons. The lowest BCUT2D eigenvalue weighted by Gasteiger charge is -2.20. The Kier molecular flexibility index (Phi) is 3.71. The van der Waals surface area contributed by atoms with Gasteiger partial charge in [-0.3, -0.25) is 4.79 Å². The zero-order valence-corrected chi connectivity index (χ0v) is 11.0. The number of aliphatic hydroxyl groups is 1. The fraction of sp³-hybridized carbons (Fsp3) is 0.364. The first-order valence-electron chi connectivity index (χ1n) is 5.65. The average Bonchev–Trinajstić information content (AvgIpc) is 2.82. The third-order valence-corrected chi connectivity index (χ3v) is 4.89. The SMILES string of the molecule is N#Cc1ncccc1S(=O)(=O)N1C[C@H](O)C[C@H]1C(=O)O. The van der Waals surface area contributed by atoms with Crippen LogP contribution in [0.1, 0.15) is 12.1 Å². The number of β-amino-alcohol motifs (C(OH)–C–C–N with tert-alkyl or cyclic N) is 1. The molecule has 1 fully saturated rings. The number of carbonyl (C=O) groups is 1. The lowest BCUT2D eigenvalue weighted by atomic mass is 10.2. The van der Waals surface area contributed by atoms with Gasteiger partial charge < -0.3 is 10.2 Å². The fourth-order valence-electron chi connectivity index (χ4n) is 2.08. The van der Waals surface area contributed by atoms with Crippen LogP contribution in [0.2, 0.25) is 0 Å². The summed E-state index contributed by atoms with van der Waals surface area (Å²) < 4.78 is 25.6. The van der Waals surface area contributed by atoms with Gasteiger partial charge in [0.25, 0.3) is 0 Å². The van der Waals surface area contributed by atoms with Gasteiger partial charge in [-0.15, -0.1) is 0 Å². The fourth-order valence-corrected chi connectivity index (χ4v) is 3.81. The van der Waals surface area contributed by atoms with Crippen molar-refractivity contribution in [1.29, 1.82) is 5.26 Å². The lowest BCUT2D eigenvalue weighted by molar-refractivity contribution is -0.140. The van der Waals surface area contributed by atoms with Gasteiger partial charge in [0.1, 0.15) is 17.0 Å². The van der Waals surface area contributed by atoms with Crippen LogP contribution >= 0.6 is 0 Å². The first-order chi connectivity index (χ1) is 9.37. The Labute approximate surface area is 114 Å². The first-order valence-corrected chi connectivity index (χ1v) is 7.09. The predicted octanol–water partition coefficient (Wildman–Crippen LogP) is -0.838. The molecule has 0 amide bonds. The monoisotopic (exact) mass is 297 g/mol. The van der Waals surface area contributed by atoms with Crippen LogP contribution in [0.4, 0.5) is 0 Å². The van der Waals surface area contributed by atoms with E-state index in [1.807, 2.05) is 0 Å². The van der Waals surface area contributed by atoms with Gasteiger partial charge in [-0.25, -0.2) is 13.4 Å². The van der Waals surface area contributed by atoms with Crippen molar-refractivity contribution in [2.24, 2.45) is 0 Å². The highest BCUT2D eigenvalue weighted by Crippen LogP contribution is 2.27. The van der Waals surface area contributed by atoms with Gasteiger partial charge in [-0.05, 0) is 12.1 Å². The number of hydrogen-bond acceptors (Lipinski definition) is 6. The predicted molar refractivity (Wildman–Crippen MR) is 64.9 cm³/mol. The van der Waals surface area contributed by atoms with Crippen LogP contribution in [-0.4, -0.2) is 52.6 Å². The summed E-state index contributed by atoms with van der Waals surface area (Å²) in [5.41, 5.74) is -0.307. The van der Waals surface area contributed by atoms with E-state index in [0.29, 0.717) is 4.31 Å². The molecule has 2 N–H and O–H groups in total. The maximum atomic E-state index is 12.4. The van der Waals surface area contributed by atoms with Gasteiger partial charge in [-0.1, -0.05) is 0 Å². The van der Waals surface area contributed by atoms with Crippen LogP contribution < -0.4 is 0 Å². The largest absolute Gasteiger partial charge is 0.480 e. The third kappa shape index (κ3) is 2.36. The number of carboxylic acids is 1. The molecule has 0 unspecified atom stereocenters. The number of hydrogen-bond donors (Lipinski definition) is 2. The molecule has 1 aliphatic rings. The van der Waals surface area contributed by atoms with E-state index in [-0.39, 0.29) is 23.6 Å². The van der Waals surface area contributed by atoms with Crippen molar-refractivity contribution in [3.05, 3.63) is 24.0 Å². The van der Waals surface area contributed by atoms with Gasteiger partial charge in [0.15, 0.2) is 5.69 Å². The summed E-state index contributed by atoms with van der Waals surface area (Å²) in [7, 11) is -4.20. The van der Waals surface area contributed by atoms with Gasteiger partial charge >= 0.3 is 5.97 Å². The molecule has 20 heavy (non-hydrogen) atoms. The van der Waals surface area contributed by atoms with E-state index in [4.69, 9.17) is 10.4 Å². The van der Waals surface area contributed by atoms with E-state index in [1.54, 1.807) is 6.07 Å². The van der Waals surface area contributed by atoms with Gasteiger partial charge in [0.05, 0.1) is 6.10 Å². The number of rotatable bonds is 3. The van der Waals surface area contributed by atoms with E-state index in [2.05, 4.69) is 4.98 Å². The summed E-state index contributed by atoms with van der Waals surface area (Å²) in [6.07, 6.45) is 0.0370. The van der Waals surface area contributed by atoms with Gasteiger partial charge in [-0.2, -0.15) is 9.57 Å². The van der Waals surface area contributed by atoms with Crippen LogP contribution in [0.15, 0.2) is 23.2 Å². The summed E-state index contributed by atoms with van der Waals surface area (Å²) >= 11 is 0. The number of nitrogens with zero attached hydrogens (tertiary/aromatic N) is 3. The molecule has 8 nitrogen and oxygen atoms in total. The number of nitriles is 1. The van der Waals surface area contributed by atoms with Gasteiger partial charge in [0, 0.05) is 19.2 Å². The molecule has 0 aromatic carbocycles. The Morgan fingerprint density at radius 3 is 2.85 bits per heavy atom.